The van der Waals surface area contributed by atoms with E-state index in [1.54, 1.807) is 41.5 Å². The molecule has 2 aromatic carbocycles. The summed E-state index contributed by atoms with van der Waals surface area (Å²) in [7, 11) is 3.01. The number of methoxy groups -OCH3 is 2. The Kier molecular flexibility index (Phi) is 10.2. The van der Waals surface area contributed by atoms with E-state index in [2.05, 4.69) is 0 Å². The third-order valence-corrected chi connectivity index (χ3v) is 8.93. The van der Waals surface area contributed by atoms with Gasteiger partial charge in [0, 0.05) is 14.2 Å². The Morgan fingerprint density at radius 1 is 0.854 bits per heavy atom. The molecule has 0 amide bonds. The first-order valence-electron chi connectivity index (χ1n) is 16.4. The summed E-state index contributed by atoms with van der Waals surface area (Å²) in [6.07, 6.45) is -8.77. The smallest absolute Gasteiger partial charge is 0.310 e. The van der Waals surface area contributed by atoms with E-state index in [0.29, 0.717) is 0 Å². The molecule has 13 heteroatoms. The van der Waals surface area contributed by atoms with Gasteiger partial charge >= 0.3 is 5.97 Å². The number of rotatable bonds is 11. The second-order valence-corrected chi connectivity index (χ2v) is 14.0. The highest BCUT2D eigenvalue weighted by Gasteiger charge is 2.59. The van der Waals surface area contributed by atoms with Crippen molar-refractivity contribution in [1.29, 1.82) is 0 Å². The second-order valence-electron chi connectivity index (χ2n) is 14.0. The van der Waals surface area contributed by atoms with E-state index in [-0.39, 0.29) is 19.6 Å². The number of fused-ring (bicyclic) bond motifs is 2. The van der Waals surface area contributed by atoms with Crippen LogP contribution in [0.4, 0.5) is 0 Å². The lowest BCUT2D eigenvalue weighted by Crippen LogP contribution is -2.61. The number of aliphatic hydroxyl groups excluding tert-OH is 1. The Bertz CT molecular complexity index is 1420. The molecule has 0 aromatic heterocycles. The molecule has 4 aliphatic rings. The third-order valence-electron chi connectivity index (χ3n) is 8.93. The van der Waals surface area contributed by atoms with Crippen molar-refractivity contribution in [3.8, 4) is 0 Å². The Hall–Kier alpha value is -2.27. The Balaban J connectivity index is 1.21. The number of carbonyl (C=O) groups excluding carboxylic acids is 1. The average Bonchev–Trinajstić information content (AvgIpc) is 3.67. The first-order valence-corrected chi connectivity index (χ1v) is 16.4. The van der Waals surface area contributed by atoms with Crippen LogP contribution in [0, 0.1) is 0 Å². The summed E-state index contributed by atoms with van der Waals surface area (Å²) in [5, 5.41) is 13.7. The fraction of sp³-hybridized carbons (Fsp3) is 0.686. The summed E-state index contributed by atoms with van der Waals surface area (Å²) in [4.78, 5) is 13.0. The molecule has 13 nitrogen and oxygen atoms in total. The molecule has 1 N–H and O–H groups in total. The summed E-state index contributed by atoms with van der Waals surface area (Å²) in [6, 6.07) is 13.8. The first-order chi connectivity index (χ1) is 22.7. The minimum Gasteiger partial charge on any atom is -0.463 e. The molecular formula is C35H48O13. The van der Waals surface area contributed by atoms with Gasteiger partial charge in [-0.3, -0.25) is 4.79 Å². The monoisotopic (exact) mass is 676 g/mol. The van der Waals surface area contributed by atoms with Crippen LogP contribution in [0.1, 0.15) is 47.1 Å². The molecule has 0 unspecified atom stereocenters. The van der Waals surface area contributed by atoms with Crippen molar-refractivity contribution in [2.45, 2.75) is 127 Å². The molecule has 266 valence electrons. The minimum absolute atomic E-state index is 0.0737. The molecule has 2 aromatic rings. The number of benzene rings is 2. The van der Waals surface area contributed by atoms with Gasteiger partial charge in [0.15, 0.2) is 29.9 Å². The van der Waals surface area contributed by atoms with Crippen LogP contribution in [-0.4, -0.2) is 117 Å². The Morgan fingerprint density at radius 3 is 2.21 bits per heavy atom. The molecule has 0 radical (unpaired) electrons. The maximum atomic E-state index is 13.0. The summed E-state index contributed by atoms with van der Waals surface area (Å²) >= 11 is 0. The normalized spacial score (nSPS) is 34.4. The molecule has 9 atom stereocenters. The molecule has 4 heterocycles. The fourth-order valence-corrected chi connectivity index (χ4v) is 6.90. The van der Waals surface area contributed by atoms with Crippen molar-refractivity contribution in [3.05, 3.63) is 48.0 Å². The van der Waals surface area contributed by atoms with Crippen LogP contribution in [0.3, 0.4) is 0 Å². The molecule has 4 fully saturated rings. The highest BCUT2D eigenvalue weighted by Crippen LogP contribution is 2.42. The van der Waals surface area contributed by atoms with Crippen molar-refractivity contribution in [1.82, 2.24) is 0 Å². The minimum atomic E-state index is -1.28. The van der Waals surface area contributed by atoms with E-state index in [0.717, 1.165) is 16.3 Å². The number of ether oxygens (including phenoxy) is 11. The Morgan fingerprint density at radius 2 is 1.52 bits per heavy atom. The van der Waals surface area contributed by atoms with Crippen LogP contribution in [0.25, 0.3) is 10.8 Å². The lowest BCUT2D eigenvalue weighted by atomic mass is 9.98. The molecule has 48 heavy (non-hydrogen) atoms. The molecular weight excluding hydrogens is 628 g/mol. The van der Waals surface area contributed by atoms with Crippen LogP contribution in [-0.2, 0) is 63.3 Å². The number of hydrogen-bond donors (Lipinski definition) is 1. The second kappa shape index (κ2) is 13.8. The van der Waals surface area contributed by atoms with Gasteiger partial charge < -0.3 is 57.2 Å². The van der Waals surface area contributed by atoms with Crippen molar-refractivity contribution in [2.24, 2.45) is 0 Å². The van der Waals surface area contributed by atoms with Crippen molar-refractivity contribution in [2.75, 3.05) is 27.4 Å². The van der Waals surface area contributed by atoms with Crippen LogP contribution in [0.2, 0.25) is 0 Å². The van der Waals surface area contributed by atoms with Crippen molar-refractivity contribution in [3.63, 3.8) is 0 Å². The predicted octanol–water partition coefficient (Wildman–Crippen LogP) is 3.21. The first kappa shape index (κ1) is 35.6. The van der Waals surface area contributed by atoms with Crippen LogP contribution in [0.5, 0.6) is 0 Å². The number of hydrogen-bond acceptors (Lipinski definition) is 13. The standard InChI is InChI=1S/C35H48O13/c1-33(2)41-18-23(44-33)26(29-30(32(38-7)39-8)48-35(5,6)47-29)43-31-25(37)28-27(45-34(3,4)46-28)22(42-31)17-40-24(36)16-19-13-14-20-11-9-10-12-21(20)15-19/h9-15,22-23,25-32,37H,16-18H2,1-8H3/t22-,23-,25-,26-,27+,28-,29+,30-,31+/m1/s1. The highest BCUT2D eigenvalue weighted by molar-refractivity contribution is 5.84. The molecule has 0 bridgehead atoms. The van der Waals surface area contributed by atoms with Gasteiger partial charge in [0.05, 0.1) is 13.0 Å². The van der Waals surface area contributed by atoms with E-state index in [1.807, 2.05) is 42.5 Å². The summed E-state index contributed by atoms with van der Waals surface area (Å²) < 4.78 is 66.8. The molecule has 0 saturated carbocycles. The number of aliphatic hydroxyl groups is 1. The molecule has 6 rings (SSSR count). The van der Waals surface area contributed by atoms with Crippen LogP contribution < -0.4 is 0 Å². The molecule has 4 aliphatic heterocycles. The number of carbonyl (C=O) groups is 1. The van der Waals surface area contributed by atoms with E-state index in [4.69, 9.17) is 52.1 Å². The van der Waals surface area contributed by atoms with Crippen molar-refractivity contribution < 1.29 is 62.0 Å². The van der Waals surface area contributed by atoms with Gasteiger partial charge in [-0.15, -0.1) is 0 Å². The average molecular weight is 677 g/mol. The zero-order valence-corrected chi connectivity index (χ0v) is 28.8. The maximum Gasteiger partial charge on any atom is 0.310 e. The van der Waals surface area contributed by atoms with Crippen LogP contribution >= 0.6 is 0 Å². The van der Waals surface area contributed by atoms with E-state index in [9.17, 15) is 9.90 Å². The van der Waals surface area contributed by atoms with Crippen molar-refractivity contribution >= 4 is 16.7 Å². The van der Waals surface area contributed by atoms with Gasteiger partial charge in [-0.1, -0.05) is 42.5 Å². The van der Waals surface area contributed by atoms with Gasteiger partial charge in [-0.2, -0.15) is 0 Å². The number of esters is 1. The largest absolute Gasteiger partial charge is 0.463 e. The van der Waals surface area contributed by atoms with Gasteiger partial charge in [0.25, 0.3) is 0 Å². The van der Waals surface area contributed by atoms with Gasteiger partial charge in [-0.05, 0) is 57.9 Å². The lowest BCUT2D eigenvalue weighted by molar-refractivity contribution is -0.315. The zero-order chi connectivity index (χ0) is 34.4. The maximum absolute atomic E-state index is 13.0. The Labute approximate surface area is 280 Å². The van der Waals surface area contributed by atoms with Gasteiger partial charge in [0.2, 0.25) is 0 Å². The topological polar surface area (TPSA) is 139 Å². The van der Waals surface area contributed by atoms with Gasteiger partial charge in [0.1, 0.15) is 55.4 Å². The SMILES string of the molecule is COC(OC)[C@@H]1OC(C)(C)O[C@H]1[C@H](O[C@@H]1O[C@H](COC(=O)Cc2ccc3ccccc3c2)[C@@H]2OC(C)(C)O[C@@H]2[C@H]1O)[C@H]1COC(C)(C)O1. The predicted molar refractivity (Wildman–Crippen MR) is 169 cm³/mol. The summed E-state index contributed by atoms with van der Waals surface area (Å²) in [6.45, 7) is 10.7. The van der Waals surface area contributed by atoms with Crippen LogP contribution in [0.15, 0.2) is 42.5 Å². The van der Waals surface area contributed by atoms with E-state index >= 15 is 0 Å². The quantitative estimate of drug-likeness (QED) is 0.276. The fourth-order valence-electron chi connectivity index (χ4n) is 6.90. The zero-order valence-electron chi connectivity index (χ0n) is 28.8. The lowest BCUT2D eigenvalue weighted by Gasteiger charge is -2.42. The molecule has 0 aliphatic carbocycles. The molecule has 0 spiro atoms. The highest BCUT2D eigenvalue weighted by atomic mass is 16.8. The van der Waals surface area contributed by atoms with E-state index in [1.165, 1.54) is 14.2 Å². The van der Waals surface area contributed by atoms with E-state index < -0.39 is 84.7 Å². The summed E-state index contributed by atoms with van der Waals surface area (Å²) in [5.41, 5.74) is 0.825. The van der Waals surface area contributed by atoms with Gasteiger partial charge in [-0.25, -0.2) is 0 Å². The third kappa shape index (κ3) is 7.72. The molecule has 4 saturated heterocycles. The summed E-state index contributed by atoms with van der Waals surface area (Å²) in [5.74, 6) is -3.39.